The topological polar surface area (TPSA) is 62.3 Å². The maximum atomic E-state index is 12.9. The number of sulfonamides is 1. The van der Waals surface area contributed by atoms with Crippen LogP contribution in [0.15, 0.2) is 23.4 Å². The molecule has 7 heteroatoms. The molecule has 1 fully saturated rings. The van der Waals surface area contributed by atoms with E-state index in [2.05, 4.69) is 24.1 Å². The minimum atomic E-state index is -3.49. The number of aromatic nitrogens is 1. The second-order valence-electron chi connectivity index (χ2n) is 5.66. The zero-order valence-corrected chi connectivity index (χ0v) is 14.4. The summed E-state index contributed by atoms with van der Waals surface area (Å²) in [6.07, 6.45) is 3.91. The van der Waals surface area contributed by atoms with Crippen LogP contribution in [0.3, 0.4) is 0 Å². The lowest BCUT2D eigenvalue weighted by Gasteiger charge is -2.23. The smallest absolute Gasteiger partial charge is 0.246 e. The fraction of sp³-hybridized carbons (Fsp3) is 0.643. The molecular formula is C14H23N3O2S2. The van der Waals surface area contributed by atoms with Crippen molar-refractivity contribution in [1.82, 2.24) is 9.29 Å². The van der Waals surface area contributed by atoms with Crippen LogP contribution in [0.5, 0.6) is 0 Å². The van der Waals surface area contributed by atoms with Gasteiger partial charge in [-0.15, -0.1) is 0 Å². The van der Waals surface area contributed by atoms with Gasteiger partial charge < -0.3 is 5.32 Å². The van der Waals surface area contributed by atoms with Crippen LogP contribution in [0, 0.1) is 0 Å². The zero-order valence-electron chi connectivity index (χ0n) is 12.8. The van der Waals surface area contributed by atoms with E-state index >= 15 is 0 Å². The van der Waals surface area contributed by atoms with Crippen LogP contribution in [0.4, 0.5) is 5.69 Å². The molecule has 0 bridgehead atoms. The van der Waals surface area contributed by atoms with Crippen molar-refractivity contribution in [2.75, 3.05) is 30.7 Å². The highest BCUT2D eigenvalue weighted by Crippen LogP contribution is 2.33. The number of hydrogen-bond acceptors (Lipinski definition) is 5. The molecule has 0 unspecified atom stereocenters. The van der Waals surface area contributed by atoms with E-state index in [9.17, 15) is 8.42 Å². The summed E-state index contributed by atoms with van der Waals surface area (Å²) in [5.74, 6) is 0.822. The number of nitrogens with one attached hydrogen (secondary N) is 1. The van der Waals surface area contributed by atoms with Crippen LogP contribution < -0.4 is 5.32 Å². The Hall–Kier alpha value is -0.790. The Labute approximate surface area is 131 Å². The molecule has 5 nitrogen and oxygen atoms in total. The van der Waals surface area contributed by atoms with Crippen LogP contribution in [0.2, 0.25) is 0 Å². The number of thioether (sulfide) groups is 1. The number of nitrogens with zero attached hydrogens (tertiary/aromatic N) is 2. The Morgan fingerprint density at radius 3 is 2.90 bits per heavy atom. The average Bonchev–Trinajstić information content (AvgIpc) is 2.61. The lowest BCUT2D eigenvalue weighted by Crippen LogP contribution is -2.34. The van der Waals surface area contributed by atoms with Crippen molar-refractivity contribution in [2.24, 2.45) is 0 Å². The molecule has 0 spiro atoms. The maximum absolute atomic E-state index is 12.9. The van der Waals surface area contributed by atoms with Crippen molar-refractivity contribution >= 4 is 27.5 Å². The molecular weight excluding hydrogens is 306 g/mol. The summed E-state index contributed by atoms with van der Waals surface area (Å²) in [4.78, 5) is 4.26. The lowest BCUT2D eigenvalue weighted by atomic mass is 10.1. The summed E-state index contributed by atoms with van der Waals surface area (Å²) in [5, 5.41) is 3.10. The standard InChI is InChI=1S/C14H23N3O2S2/c1-4-16-12-5-7-15-11-13(12)21(18,19)17-8-6-14(2,3)20-10-9-17/h5,7,11H,4,6,8-10H2,1-3H3,(H,15,16). The van der Waals surface area contributed by atoms with Crippen molar-refractivity contribution in [3.05, 3.63) is 18.5 Å². The third kappa shape index (κ3) is 3.90. The summed E-state index contributed by atoms with van der Waals surface area (Å²) in [6.45, 7) is 8.07. The molecule has 0 atom stereocenters. The predicted octanol–water partition coefficient (Wildman–Crippen LogP) is 2.42. The van der Waals surface area contributed by atoms with Gasteiger partial charge in [-0.3, -0.25) is 4.98 Å². The SMILES string of the molecule is CCNc1ccncc1S(=O)(=O)N1CCSC(C)(C)CC1. The highest BCUT2D eigenvalue weighted by molar-refractivity contribution is 8.00. The summed E-state index contributed by atoms with van der Waals surface area (Å²) in [6, 6.07) is 1.72. The number of pyridine rings is 1. The van der Waals surface area contributed by atoms with Crippen LogP contribution in [-0.2, 0) is 10.0 Å². The number of rotatable bonds is 4. The van der Waals surface area contributed by atoms with Gasteiger partial charge in [0, 0.05) is 42.5 Å². The Kier molecular flexibility index (Phi) is 5.16. The van der Waals surface area contributed by atoms with E-state index in [0.29, 0.717) is 25.3 Å². The van der Waals surface area contributed by atoms with Gasteiger partial charge in [-0.25, -0.2) is 8.42 Å². The molecule has 0 saturated carbocycles. The van der Waals surface area contributed by atoms with E-state index in [1.807, 2.05) is 18.7 Å². The Morgan fingerprint density at radius 2 is 2.19 bits per heavy atom. The van der Waals surface area contributed by atoms with Crippen LogP contribution >= 0.6 is 11.8 Å². The molecule has 118 valence electrons. The van der Waals surface area contributed by atoms with Crippen molar-refractivity contribution in [3.8, 4) is 0 Å². The largest absolute Gasteiger partial charge is 0.384 e. The van der Waals surface area contributed by atoms with E-state index in [1.165, 1.54) is 6.20 Å². The fourth-order valence-electron chi connectivity index (χ4n) is 2.30. The van der Waals surface area contributed by atoms with Crippen molar-refractivity contribution in [3.63, 3.8) is 0 Å². The second kappa shape index (κ2) is 6.54. The van der Waals surface area contributed by atoms with E-state index in [-0.39, 0.29) is 9.64 Å². The van der Waals surface area contributed by atoms with Crippen molar-refractivity contribution in [2.45, 2.75) is 36.8 Å². The first-order valence-electron chi connectivity index (χ1n) is 7.19. The molecule has 0 aromatic carbocycles. The second-order valence-corrected chi connectivity index (χ2v) is 9.37. The Balaban J connectivity index is 2.30. The summed E-state index contributed by atoms with van der Waals surface area (Å²) < 4.78 is 27.5. The minimum absolute atomic E-state index is 0.129. The molecule has 21 heavy (non-hydrogen) atoms. The fourth-order valence-corrected chi connectivity index (χ4v) is 5.07. The summed E-state index contributed by atoms with van der Waals surface area (Å²) >= 11 is 1.83. The number of anilines is 1. The average molecular weight is 329 g/mol. The molecule has 0 aliphatic carbocycles. The minimum Gasteiger partial charge on any atom is -0.384 e. The maximum Gasteiger partial charge on any atom is 0.246 e. The van der Waals surface area contributed by atoms with Crippen LogP contribution in [-0.4, -0.2) is 47.8 Å². The molecule has 1 saturated heterocycles. The van der Waals surface area contributed by atoms with E-state index in [1.54, 1.807) is 16.6 Å². The first-order valence-corrected chi connectivity index (χ1v) is 9.61. The van der Waals surface area contributed by atoms with Gasteiger partial charge in [0.2, 0.25) is 10.0 Å². The first kappa shape index (κ1) is 16.6. The molecule has 1 aromatic heterocycles. The Bertz CT molecular complexity index is 588. The van der Waals surface area contributed by atoms with Gasteiger partial charge in [0.15, 0.2) is 0 Å². The van der Waals surface area contributed by atoms with Gasteiger partial charge in [-0.05, 0) is 19.4 Å². The third-order valence-electron chi connectivity index (χ3n) is 3.57. The van der Waals surface area contributed by atoms with E-state index in [0.717, 1.165) is 12.2 Å². The highest BCUT2D eigenvalue weighted by Gasteiger charge is 2.32. The molecule has 2 heterocycles. The predicted molar refractivity (Wildman–Crippen MR) is 88.3 cm³/mol. The van der Waals surface area contributed by atoms with Gasteiger partial charge >= 0.3 is 0 Å². The molecule has 0 radical (unpaired) electrons. The van der Waals surface area contributed by atoms with Gasteiger partial charge in [-0.2, -0.15) is 16.1 Å². The van der Waals surface area contributed by atoms with E-state index in [4.69, 9.17) is 0 Å². The highest BCUT2D eigenvalue weighted by atomic mass is 32.2. The zero-order chi connectivity index (χ0) is 15.5. The summed E-state index contributed by atoms with van der Waals surface area (Å²) in [5.41, 5.74) is 0.628. The first-order chi connectivity index (χ1) is 9.87. The Morgan fingerprint density at radius 1 is 1.43 bits per heavy atom. The lowest BCUT2D eigenvalue weighted by molar-refractivity contribution is 0.415. The molecule has 2 rings (SSSR count). The monoisotopic (exact) mass is 329 g/mol. The van der Waals surface area contributed by atoms with Crippen LogP contribution in [0.25, 0.3) is 0 Å². The number of hydrogen-bond donors (Lipinski definition) is 1. The molecule has 0 amide bonds. The van der Waals surface area contributed by atoms with E-state index < -0.39 is 10.0 Å². The molecule has 1 aromatic rings. The van der Waals surface area contributed by atoms with Crippen molar-refractivity contribution < 1.29 is 8.42 Å². The van der Waals surface area contributed by atoms with Crippen LogP contribution in [0.1, 0.15) is 27.2 Å². The normalized spacial score (nSPS) is 20.0. The molecule has 1 aliphatic heterocycles. The van der Waals surface area contributed by atoms with Gasteiger partial charge in [0.1, 0.15) is 4.90 Å². The third-order valence-corrected chi connectivity index (χ3v) is 6.86. The van der Waals surface area contributed by atoms with Gasteiger partial charge in [0.25, 0.3) is 0 Å². The quantitative estimate of drug-likeness (QED) is 0.919. The van der Waals surface area contributed by atoms with Gasteiger partial charge in [0.05, 0.1) is 5.69 Å². The van der Waals surface area contributed by atoms with Crippen molar-refractivity contribution in [1.29, 1.82) is 0 Å². The summed E-state index contributed by atoms with van der Waals surface area (Å²) in [7, 11) is -3.49. The molecule has 1 aliphatic rings. The molecule has 1 N–H and O–H groups in total. The van der Waals surface area contributed by atoms with Gasteiger partial charge in [-0.1, -0.05) is 13.8 Å².